The van der Waals surface area contributed by atoms with E-state index >= 15 is 0 Å². The molecule has 0 aliphatic carbocycles. The predicted octanol–water partition coefficient (Wildman–Crippen LogP) is 4.35. The number of anilines is 1. The summed E-state index contributed by atoms with van der Waals surface area (Å²) in [5, 5.41) is 25.2. The molecule has 0 bridgehead atoms. The molecule has 9 heteroatoms. The fourth-order valence-corrected chi connectivity index (χ4v) is 4.59. The van der Waals surface area contributed by atoms with Crippen molar-refractivity contribution >= 4 is 23.5 Å². The molecule has 2 heterocycles. The molecule has 0 radical (unpaired) electrons. The van der Waals surface area contributed by atoms with Gasteiger partial charge in [-0.1, -0.05) is 48.2 Å². The molecule has 0 aliphatic rings. The first-order chi connectivity index (χ1) is 16.4. The predicted molar refractivity (Wildman–Crippen MR) is 132 cm³/mol. The third-order valence-corrected chi connectivity index (χ3v) is 6.53. The number of tetrazole rings is 1. The first-order valence-corrected chi connectivity index (χ1v) is 11.8. The van der Waals surface area contributed by atoms with E-state index in [2.05, 4.69) is 33.0 Å². The van der Waals surface area contributed by atoms with Crippen LogP contribution >= 0.6 is 11.8 Å². The summed E-state index contributed by atoms with van der Waals surface area (Å²) in [5.41, 5.74) is 6.43. The highest BCUT2D eigenvalue weighted by Crippen LogP contribution is 2.28. The number of carbonyl (C=O) groups is 1. The Bertz CT molecular complexity index is 1360. The summed E-state index contributed by atoms with van der Waals surface area (Å²) in [4.78, 5) is 12.9. The maximum Gasteiger partial charge on any atom is 0.235 e. The van der Waals surface area contributed by atoms with Crippen LogP contribution in [-0.4, -0.2) is 36.4 Å². The smallest absolute Gasteiger partial charge is 0.235 e. The lowest BCUT2D eigenvalue weighted by Gasteiger charge is -2.13. The van der Waals surface area contributed by atoms with E-state index in [1.165, 1.54) is 11.8 Å². The van der Waals surface area contributed by atoms with E-state index < -0.39 is 0 Å². The van der Waals surface area contributed by atoms with E-state index in [9.17, 15) is 10.1 Å². The third-order valence-electron chi connectivity index (χ3n) is 5.61. The van der Waals surface area contributed by atoms with E-state index in [0.717, 1.165) is 33.6 Å². The van der Waals surface area contributed by atoms with Gasteiger partial charge in [0.25, 0.3) is 0 Å². The number of carbonyl (C=O) groups excluding carboxylic acids is 1. The number of aryl methyl sites for hydroxylation is 2. The molecule has 4 rings (SSSR count). The number of rotatable bonds is 7. The number of nitriles is 1. The van der Waals surface area contributed by atoms with Gasteiger partial charge in [-0.2, -0.15) is 9.94 Å². The molecular weight excluding hydrogens is 446 g/mol. The molecule has 4 aromatic rings. The summed E-state index contributed by atoms with van der Waals surface area (Å²) in [6.45, 7) is 8.45. The number of nitrogens with zero attached hydrogens (tertiary/aromatic N) is 6. The number of thioether (sulfide) groups is 1. The summed E-state index contributed by atoms with van der Waals surface area (Å²) in [6.07, 6.45) is 0. The number of aromatic nitrogens is 5. The van der Waals surface area contributed by atoms with E-state index in [-0.39, 0.29) is 11.7 Å². The van der Waals surface area contributed by atoms with Crippen LogP contribution in [0.3, 0.4) is 0 Å². The van der Waals surface area contributed by atoms with Crippen molar-refractivity contribution in [3.8, 4) is 11.8 Å². The van der Waals surface area contributed by atoms with Crippen LogP contribution in [0.2, 0.25) is 0 Å². The van der Waals surface area contributed by atoms with Gasteiger partial charge in [-0.3, -0.25) is 4.79 Å². The molecule has 0 aliphatic heterocycles. The Hall–Kier alpha value is -3.90. The standard InChI is InChI=1S/C25H25N7OS/c1-16-10-17(2)12-21(11-16)32-25(28-29-30-32)34-15-23(33)27-24-22(13-26)18(3)19(4)31(24)14-20-8-6-5-7-9-20/h5-12H,14-15H2,1-4H3,(H,27,33). The normalized spacial score (nSPS) is 10.8. The van der Waals surface area contributed by atoms with Crippen molar-refractivity contribution in [3.63, 3.8) is 0 Å². The minimum absolute atomic E-state index is 0.102. The van der Waals surface area contributed by atoms with Gasteiger partial charge in [0.1, 0.15) is 11.9 Å². The monoisotopic (exact) mass is 471 g/mol. The Labute approximate surface area is 202 Å². The molecule has 172 valence electrons. The van der Waals surface area contributed by atoms with Gasteiger partial charge < -0.3 is 9.88 Å². The molecule has 0 saturated heterocycles. The average Bonchev–Trinajstić information content (AvgIpc) is 3.37. The molecule has 2 aromatic heterocycles. The van der Waals surface area contributed by atoms with Gasteiger partial charge >= 0.3 is 0 Å². The van der Waals surface area contributed by atoms with Gasteiger partial charge in [-0.25, -0.2) is 0 Å². The Balaban J connectivity index is 1.53. The number of nitrogens with one attached hydrogen (secondary N) is 1. The van der Waals surface area contributed by atoms with E-state index in [1.54, 1.807) is 4.68 Å². The highest BCUT2D eigenvalue weighted by atomic mass is 32.2. The topological polar surface area (TPSA) is 101 Å². The van der Waals surface area contributed by atoms with Crippen molar-refractivity contribution in [1.82, 2.24) is 24.8 Å². The van der Waals surface area contributed by atoms with Crippen molar-refractivity contribution < 1.29 is 4.79 Å². The first-order valence-electron chi connectivity index (χ1n) is 10.8. The fraction of sp³-hybridized carbons (Fsp3) is 0.240. The summed E-state index contributed by atoms with van der Waals surface area (Å²) in [6, 6.07) is 18.3. The molecule has 8 nitrogen and oxygen atoms in total. The molecular formula is C25H25N7OS. The molecule has 0 unspecified atom stereocenters. The molecule has 0 spiro atoms. The second-order valence-corrected chi connectivity index (χ2v) is 9.12. The van der Waals surface area contributed by atoms with Crippen LogP contribution in [0.25, 0.3) is 5.69 Å². The minimum Gasteiger partial charge on any atom is -0.326 e. The lowest BCUT2D eigenvalue weighted by Crippen LogP contribution is -2.19. The molecule has 2 aromatic carbocycles. The second kappa shape index (κ2) is 9.93. The molecule has 1 amide bonds. The molecule has 0 fully saturated rings. The molecule has 34 heavy (non-hydrogen) atoms. The van der Waals surface area contributed by atoms with Crippen LogP contribution in [0.5, 0.6) is 0 Å². The summed E-state index contributed by atoms with van der Waals surface area (Å²) < 4.78 is 3.61. The van der Waals surface area contributed by atoms with Gasteiger partial charge in [0.15, 0.2) is 0 Å². The van der Waals surface area contributed by atoms with Crippen molar-refractivity contribution in [2.45, 2.75) is 39.4 Å². The lowest BCUT2D eigenvalue weighted by molar-refractivity contribution is -0.113. The molecule has 1 N–H and O–H groups in total. The fourth-order valence-electron chi connectivity index (χ4n) is 3.90. The highest BCUT2D eigenvalue weighted by Gasteiger charge is 2.20. The van der Waals surface area contributed by atoms with E-state index in [4.69, 9.17) is 0 Å². The second-order valence-electron chi connectivity index (χ2n) is 8.17. The third kappa shape index (κ3) is 4.87. The van der Waals surface area contributed by atoms with Crippen LogP contribution in [0.15, 0.2) is 53.7 Å². The van der Waals surface area contributed by atoms with Crippen LogP contribution in [-0.2, 0) is 11.3 Å². The van der Waals surface area contributed by atoms with Crippen molar-refractivity contribution in [3.05, 3.63) is 82.0 Å². The van der Waals surface area contributed by atoms with Crippen LogP contribution in [0.1, 0.15) is 33.5 Å². The Morgan fingerprint density at radius 2 is 1.79 bits per heavy atom. The summed E-state index contributed by atoms with van der Waals surface area (Å²) in [5.74, 6) is 0.383. The first kappa shape index (κ1) is 23.3. The summed E-state index contributed by atoms with van der Waals surface area (Å²) in [7, 11) is 0. The van der Waals surface area contributed by atoms with Gasteiger partial charge in [0, 0.05) is 12.2 Å². The van der Waals surface area contributed by atoms with Crippen molar-refractivity contribution in [2.24, 2.45) is 0 Å². The Morgan fingerprint density at radius 1 is 1.09 bits per heavy atom. The zero-order chi connectivity index (χ0) is 24.2. The highest BCUT2D eigenvalue weighted by molar-refractivity contribution is 7.99. The van der Waals surface area contributed by atoms with Gasteiger partial charge in [-0.15, -0.1) is 5.10 Å². The number of amides is 1. The largest absolute Gasteiger partial charge is 0.326 e. The average molecular weight is 472 g/mol. The van der Waals surface area contributed by atoms with E-state index in [1.807, 2.05) is 74.7 Å². The molecule has 0 saturated carbocycles. The number of hydrogen-bond acceptors (Lipinski definition) is 6. The zero-order valence-corrected chi connectivity index (χ0v) is 20.3. The SMILES string of the molecule is Cc1cc(C)cc(-n2nnnc2SCC(=O)Nc2c(C#N)c(C)c(C)n2Cc2ccccc2)c1. The quantitative estimate of drug-likeness (QED) is 0.402. The van der Waals surface area contributed by atoms with Gasteiger partial charge in [0.2, 0.25) is 11.1 Å². The van der Waals surface area contributed by atoms with Crippen molar-refractivity contribution in [2.75, 3.05) is 11.1 Å². The van der Waals surface area contributed by atoms with Crippen molar-refractivity contribution in [1.29, 1.82) is 5.26 Å². The lowest BCUT2D eigenvalue weighted by atomic mass is 10.1. The van der Waals surface area contributed by atoms with Crippen LogP contribution in [0, 0.1) is 39.0 Å². The van der Waals surface area contributed by atoms with Crippen LogP contribution in [0.4, 0.5) is 5.82 Å². The maximum atomic E-state index is 12.9. The number of benzene rings is 2. The maximum absolute atomic E-state index is 12.9. The number of hydrogen-bond donors (Lipinski definition) is 1. The Morgan fingerprint density at radius 3 is 2.47 bits per heavy atom. The van der Waals surface area contributed by atoms with Crippen LogP contribution < -0.4 is 5.32 Å². The Kier molecular flexibility index (Phi) is 6.80. The minimum atomic E-state index is -0.233. The zero-order valence-electron chi connectivity index (χ0n) is 19.5. The van der Waals surface area contributed by atoms with Gasteiger partial charge in [0.05, 0.1) is 17.0 Å². The molecule has 0 atom stereocenters. The summed E-state index contributed by atoms with van der Waals surface area (Å²) >= 11 is 1.24. The van der Waals surface area contributed by atoms with Gasteiger partial charge in [-0.05, 0) is 72.5 Å². The van der Waals surface area contributed by atoms with E-state index in [0.29, 0.717) is 23.1 Å².